The third-order valence-electron chi connectivity index (χ3n) is 5.02. The van der Waals surface area contributed by atoms with Crippen LogP contribution in [0.5, 0.6) is 11.5 Å². The minimum Gasteiger partial charge on any atom is -0.497 e. The summed E-state index contributed by atoms with van der Waals surface area (Å²) in [6.07, 6.45) is 1.97. The van der Waals surface area contributed by atoms with Gasteiger partial charge in [-0.2, -0.15) is 0 Å². The molecule has 2 aromatic heterocycles. The van der Waals surface area contributed by atoms with Crippen LogP contribution in [0.3, 0.4) is 0 Å². The summed E-state index contributed by atoms with van der Waals surface area (Å²) >= 11 is 0. The number of hydrogen-bond donors (Lipinski definition) is 1. The van der Waals surface area contributed by atoms with E-state index in [2.05, 4.69) is 5.32 Å². The van der Waals surface area contributed by atoms with Crippen LogP contribution in [0.1, 0.15) is 15.9 Å². The summed E-state index contributed by atoms with van der Waals surface area (Å²) in [4.78, 5) is 16.6. The Labute approximate surface area is 180 Å². The molecule has 0 spiro atoms. The maximum absolute atomic E-state index is 11.8. The zero-order valence-electron chi connectivity index (χ0n) is 17.8. The van der Waals surface area contributed by atoms with Crippen LogP contribution in [0.25, 0.3) is 16.9 Å². The molecule has 0 saturated heterocycles. The molecule has 4 aromatic rings. The van der Waals surface area contributed by atoms with E-state index in [9.17, 15) is 4.79 Å². The first-order valence-electron chi connectivity index (χ1n) is 9.70. The molecule has 158 valence electrons. The highest BCUT2D eigenvalue weighted by Gasteiger charge is 2.17. The highest BCUT2D eigenvalue weighted by Crippen LogP contribution is 2.36. The molecule has 0 aliphatic rings. The predicted octanol–water partition coefficient (Wildman–Crippen LogP) is 4.86. The van der Waals surface area contributed by atoms with Crippen molar-refractivity contribution in [3.63, 3.8) is 0 Å². The summed E-state index contributed by atoms with van der Waals surface area (Å²) in [7, 11) is 4.61. The number of rotatable bonds is 6. The first-order valence-corrected chi connectivity index (χ1v) is 9.70. The molecule has 2 heterocycles. The summed E-state index contributed by atoms with van der Waals surface area (Å²) in [6, 6.07) is 16.8. The molecule has 0 aliphatic carbocycles. The summed E-state index contributed by atoms with van der Waals surface area (Å²) in [5.41, 5.74) is 4.74. The number of fused-ring (bicyclic) bond motifs is 1. The molecule has 31 heavy (non-hydrogen) atoms. The maximum Gasteiger partial charge on any atom is 0.337 e. The van der Waals surface area contributed by atoms with Gasteiger partial charge < -0.3 is 19.5 Å². The van der Waals surface area contributed by atoms with Crippen molar-refractivity contribution in [2.24, 2.45) is 0 Å². The van der Waals surface area contributed by atoms with Crippen molar-refractivity contribution in [1.29, 1.82) is 0 Å². The van der Waals surface area contributed by atoms with Gasteiger partial charge in [0.25, 0.3) is 0 Å². The second-order valence-corrected chi connectivity index (χ2v) is 7.00. The zero-order valence-corrected chi connectivity index (χ0v) is 17.8. The molecule has 4 rings (SSSR count). The van der Waals surface area contributed by atoms with Crippen LogP contribution in [0.2, 0.25) is 0 Å². The van der Waals surface area contributed by atoms with Crippen LogP contribution in [-0.2, 0) is 4.74 Å². The van der Waals surface area contributed by atoms with Crippen molar-refractivity contribution in [3.05, 3.63) is 71.9 Å². The molecular formula is C24H23N3O4. The number of pyridine rings is 1. The van der Waals surface area contributed by atoms with Crippen LogP contribution in [0.15, 0.2) is 60.8 Å². The van der Waals surface area contributed by atoms with Gasteiger partial charge in [0.1, 0.15) is 28.7 Å². The number of carbonyl (C=O) groups is 1. The van der Waals surface area contributed by atoms with E-state index >= 15 is 0 Å². The maximum atomic E-state index is 11.8. The van der Waals surface area contributed by atoms with Crippen LogP contribution < -0.4 is 14.8 Å². The lowest BCUT2D eigenvalue weighted by atomic mass is 10.1. The van der Waals surface area contributed by atoms with Crippen molar-refractivity contribution in [1.82, 2.24) is 9.38 Å². The number of imidazole rings is 1. The van der Waals surface area contributed by atoms with E-state index < -0.39 is 0 Å². The van der Waals surface area contributed by atoms with Crippen LogP contribution in [0.4, 0.5) is 11.5 Å². The fourth-order valence-corrected chi connectivity index (χ4v) is 3.39. The molecule has 0 radical (unpaired) electrons. The largest absolute Gasteiger partial charge is 0.497 e. The number of methoxy groups -OCH3 is 3. The minimum absolute atomic E-state index is 0.378. The Morgan fingerprint density at radius 1 is 0.968 bits per heavy atom. The van der Waals surface area contributed by atoms with Gasteiger partial charge >= 0.3 is 5.97 Å². The Balaban J connectivity index is 1.85. The molecule has 0 saturated carbocycles. The van der Waals surface area contributed by atoms with E-state index in [1.165, 1.54) is 7.11 Å². The average Bonchev–Trinajstić information content (AvgIpc) is 3.15. The molecule has 7 nitrogen and oxygen atoms in total. The SMILES string of the molecule is COC(=O)c1ccc(-c2nc3cc(C)ccn3c2Nc2cc(OC)ccc2OC)cc1. The van der Waals surface area contributed by atoms with E-state index in [0.717, 1.165) is 34.0 Å². The molecule has 0 unspecified atom stereocenters. The number of aryl methyl sites for hydroxylation is 1. The second-order valence-electron chi connectivity index (χ2n) is 7.00. The molecule has 0 atom stereocenters. The molecule has 1 N–H and O–H groups in total. The molecule has 7 heteroatoms. The summed E-state index contributed by atoms with van der Waals surface area (Å²) in [6.45, 7) is 2.03. The number of esters is 1. The Morgan fingerprint density at radius 3 is 2.42 bits per heavy atom. The lowest BCUT2D eigenvalue weighted by Gasteiger charge is -2.14. The van der Waals surface area contributed by atoms with E-state index in [0.29, 0.717) is 17.1 Å². The van der Waals surface area contributed by atoms with Crippen molar-refractivity contribution in [2.45, 2.75) is 6.92 Å². The second kappa shape index (κ2) is 8.39. The molecule has 0 aliphatic heterocycles. The van der Waals surface area contributed by atoms with Gasteiger partial charge in [-0.3, -0.25) is 4.40 Å². The number of nitrogens with one attached hydrogen (secondary N) is 1. The van der Waals surface area contributed by atoms with Gasteiger partial charge in [-0.1, -0.05) is 12.1 Å². The molecule has 2 aromatic carbocycles. The number of nitrogens with zero attached hydrogens (tertiary/aromatic N) is 2. The monoisotopic (exact) mass is 417 g/mol. The van der Waals surface area contributed by atoms with E-state index in [-0.39, 0.29) is 5.97 Å². The summed E-state index contributed by atoms with van der Waals surface area (Å²) in [5.74, 6) is 1.77. The van der Waals surface area contributed by atoms with Crippen LogP contribution in [0, 0.1) is 6.92 Å². The molecular weight excluding hydrogens is 394 g/mol. The lowest BCUT2D eigenvalue weighted by Crippen LogP contribution is -2.01. The fourth-order valence-electron chi connectivity index (χ4n) is 3.39. The Kier molecular flexibility index (Phi) is 5.49. The average molecular weight is 417 g/mol. The van der Waals surface area contributed by atoms with Crippen LogP contribution in [-0.4, -0.2) is 36.7 Å². The lowest BCUT2D eigenvalue weighted by molar-refractivity contribution is 0.0600. The Morgan fingerprint density at radius 2 is 1.74 bits per heavy atom. The summed E-state index contributed by atoms with van der Waals surface area (Å²) in [5, 5.41) is 3.46. The number of carbonyl (C=O) groups excluding carboxylic acids is 1. The first-order chi connectivity index (χ1) is 15.0. The van der Waals surface area contributed by atoms with Gasteiger partial charge in [0.2, 0.25) is 0 Å². The third-order valence-corrected chi connectivity index (χ3v) is 5.02. The predicted molar refractivity (Wildman–Crippen MR) is 120 cm³/mol. The molecule has 0 bridgehead atoms. The van der Waals surface area contributed by atoms with Crippen molar-refractivity contribution < 1.29 is 19.0 Å². The standard InChI is InChI=1S/C24H23N3O4/c1-15-11-12-27-21(13-15)26-22(16-5-7-17(8-6-16)24(28)31-4)23(27)25-19-14-18(29-2)9-10-20(19)30-3/h5-14,25H,1-4H3. The quantitative estimate of drug-likeness (QED) is 0.452. The van der Waals surface area contributed by atoms with E-state index in [1.54, 1.807) is 26.4 Å². The van der Waals surface area contributed by atoms with Gasteiger partial charge in [-0.05, 0) is 48.9 Å². The van der Waals surface area contributed by atoms with Crippen LogP contribution >= 0.6 is 0 Å². The topological polar surface area (TPSA) is 74.1 Å². The first kappa shape index (κ1) is 20.3. The van der Waals surface area contributed by atoms with Gasteiger partial charge in [0.05, 0.1) is 32.6 Å². The number of hydrogen-bond acceptors (Lipinski definition) is 6. The fraction of sp³-hybridized carbons (Fsp3) is 0.167. The smallest absolute Gasteiger partial charge is 0.337 e. The van der Waals surface area contributed by atoms with E-state index in [4.69, 9.17) is 19.2 Å². The number of ether oxygens (including phenoxy) is 3. The van der Waals surface area contributed by atoms with Crippen molar-refractivity contribution in [3.8, 4) is 22.8 Å². The number of aromatic nitrogens is 2. The highest BCUT2D eigenvalue weighted by atomic mass is 16.5. The number of benzene rings is 2. The molecule has 0 fully saturated rings. The third kappa shape index (κ3) is 3.90. The van der Waals surface area contributed by atoms with Gasteiger partial charge in [0.15, 0.2) is 0 Å². The van der Waals surface area contributed by atoms with E-state index in [1.807, 2.05) is 60.0 Å². The van der Waals surface area contributed by atoms with Gasteiger partial charge in [-0.15, -0.1) is 0 Å². The zero-order chi connectivity index (χ0) is 22.0. The Bertz CT molecular complexity index is 1250. The molecule has 0 amide bonds. The van der Waals surface area contributed by atoms with Gasteiger partial charge in [-0.25, -0.2) is 9.78 Å². The van der Waals surface area contributed by atoms with Crippen molar-refractivity contribution in [2.75, 3.05) is 26.6 Å². The highest BCUT2D eigenvalue weighted by molar-refractivity contribution is 5.90. The normalized spacial score (nSPS) is 10.7. The minimum atomic E-state index is -0.378. The summed E-state index contributed by atoms with van der Waals surface area (Å²) < 4.78 is 17.7. The van der Waals surface area contributed by atoms with Crippen molar-refractivity contribution >= 4 is 23.1 Å². The number of anilines is 2. The van der Waals surface area contributed by atoms with Gasteiger partial charge in [0, 0.05) is 17.8 Å². The Hall–Kier alpha value is -4.00.